The van der Waals surface area contributed by atoms with Crippen LogP contribution in [0.1, 0.15) is 271 Å². The first-order valence-electron chi connectivity index (χ1n) is 26.3. The Kier molecular flexibility index (Phi) is 48.1. The first-order valence-corrected chi connectivity index (χ1v) is 26.3. The van der Waals surface area contributed by atoms with Crippen molar-refractivity contribution in [3.05, 3.63) is 36.5 Å². The van der Waals surface area contributed by atoms with Crippen molar-refractivity contribution >= 4 is 11.9 Å². The Labute approximate surface area is 373 Å². The summed E-state index contributed by atoms with van der Waals surface area (Å²) in [6.07, 6.45) is 60.2. The molecule has 6 nitrogen and oxygen atoms in total. The molecule has 0 aliphatic heterocycles. The molecule has 1 amide bonds. The fourth-order valence-corrected chi connectivity index (χ4v) is 7.80. The Morgan fingerprint density at radius 3 is 1.22 bits per heavy atom. The Morgan fingerprint density at radius 1 is 0.450 bits per heavy atom. The number of carbonyl (C=O) groups is 2. The van der Waals surface area contributed by atoms with Gasteiger partial charge in [0.15, 0.2) is 0 Å². The van der Waals surface area contributed by atoms with E-state index in [1.165, 1.54) is 193 Å². The van der Waals surface area contributed by atoms with Crippen molar-refractivity contribution in [3.63, 3.8) is 0 Å². The van der Waals surface area contributed by atoms with Crippen LogP contribution in [0.5, 0.6) is 0 Å². The maximum atomic E-state index is 12.4. The molecule has 2 atom stereocenters. The number of esters is 1. The van der Waals surface area contributed by atoms with Gasteiger partial charge < -0.3 is 20.3 Å². The van der Waals surface area contributed by atoms with E-state index in [4.69, 9.17) is 4.74 Å². The first-order chi connectivity index (χ1) is 29.5. The molecule has 2 unspecified atom stereocenters. The summed E-state index contributed by atoms with van der Waals surface area (Å²) in [5.41, 5.74) is 0. The van der Waals surface area contributed by atoms with Gasteiger partial charge in [0.1, 0.15) is 0 Å². The molecule has 0 aromatic heterocycles. The molecule has 0 bridgehead atoms. The van der Waals surface area contributed by atoms with Gasteiger partial charge in [0.25, 0.3) is 0 Å². The average Bonchev–Trinajstić information content (AvgIpc) is 3.25. The average molecular weight is 844 g/mol. The van der Waals surface area contributed by atoms with Gasteiger partial charge in [0.05, 0.1) is 25.4 Å². The fourth-order valence-electron chi connectivity index (χ4n) is 7.80. The Bertz CT molecular complexity index is 977. The van der Waals surface area contributed by atoms with Crippen LogP contribution < -0.4 is 5.32 Å². The van der Waals surface area contributed by atoms with E-state index in [2.05, 4.69) is 43.5 Å². The molecule has 0 aromatic rings. The molecule has 3 N–H and O–H groups in total. The second-order valence-electron chi connectivity index (χ2n) is 17.8. The Morgan fingerprint density at radius 2 is 0.783 bits per heavy atom. The highest BCUT2D eigenvalue weighted by molar-refractivity contribution is 5.76. The summed E-state index contributed by atoms with van der Waals surface area (Å²) in [6.45, 7) is 4.84. The van der Waals surface area contributed by atoms with Crippen molar-refractivity contribution in [3.8, 4) is 0 Å². The SMILES string of the molecule is CCCCC/C=C\CCCCCCCC(=O)OCCCCCCCCCCCCC/C=C\CCCCCCCCCC(=O)NC(CO)C(O)/C=C/CCCCCCCCC. The number of allylic oxidation sites excluding steroid dienone is 5. The topological polar surface area (TPSA) is 95.9 Å². The minimum Gasteiger partial charge on any atom is -0.466 e. The van der Waals surface area contributed by atoms with Gasteiger partial charge in [-0.2, -0.15) is 0 Å². The summed E-state index contributed by atoms with van der Waals surface area (Å²) in [4.78, 5) is 24.3. The van der Waals surface area contributed by atoms with Crippen LogP contribution in [0.25, 0.3) is 0 Å². The quantitative estimate of drug-likeness (QED) is 0.0322. The van der Waals surface area contributed by atoms with Gasteiger partial charge in [-0.25, -0.2) is 0 Å². The third kappa shape index (κ3) is 45.6. The van der Waals surface area contributed by atoms with E-state index < -0.39 is 12.1 Å². The third-order valence-electron chi connectivity index (χ3n) is 11.9. The standard InChI is InChI=1S/C54H101NO5/c1-3-5-7-9-11-13-14-28-32-36-40-44-48-54(59)60-49-45-41-37-33-29-26-24-22-20-18-16-15-17-19-21-23-25-27-31-35-39-43-47-53(58)55-51(50-56)52(57)46-42-38-34-30-12-10-8-6-4-2/h11,13,17,19,42,46,51-52,56-57H,3-10,12,14-16,18,20-41,43-45,47-50H2,1-2H3,(H,55,58)/b13-11-,19-17-,46-42+. The highest BCUT2D eigenvalue weighted by atomic mass is 16.5. The highest BCUT2D eigenvalue weighted by Gasteiger charge is 2.18. The summed E-state index contributed by atoms with van der Waals surface area (Å²) >= 11 is 0. The molecule has 0 rings (SSSR count). The zero-order chi connectivity index (χ0) is 43.7. The largest absolute Gasteiger partial charge is 0.466 e. The van der Waals surface area contributed by atoms with Gasteiger partial charge >= 0.3 is 5.97 Å². The number of hydrogen-bond donors (Lipinski definition) is 3. The van der Waals surface area contributed by atoms with Crippen molar-refractivity contribution in [2.75, 3.05) is 13.2 Å². The minimum atomic E-state index is -0.846. The summed E-state index contributed by atoms with van der Waals surface area (Å²) in [5.74, 6) is -0.0802. The lowest BCUT2D eigenvalue weighted by Crippen LogP contribution is -2.45. The molecule has 60 heavy (non-hydrogen) atoms. The number of nitrogens with one attached hydrogen (secondary N) is 1. The van der Waals surface area contributed by atoms with Crippen molar-refractivity contribution in [2.45, 2.75) is 283 Å². The van der Waals surface area contributed by atoms with Gasteiger partial charge in [-0.3, -0.25) is 9.59 Å². The summed E-state index contributed by atoms with van der Waals surface area (Å²) in [5, 5.41) is 22.9. The molecule has 0 aliphatic rings. The first kappa shape index (κ1) is 58.1. The molecule has 0 fully saturated rings. The van der Waals surface area contributed by atoms with E-state index in [1.807, 2.05) is 6.08 Å². The lowest BCUT2D eigenvalue weighted by molar-refractivity contribution is -0.143. The molecule has 0 radical (unpaired) electrons. The maximum absolute atomic E-state index is 12.4. The van der Waals surface area contributed by atoms with Crippen LogP contribution in [0.4, 0.5) is 0 Å². The van der Waals surface area contributed by atoms with Crippen molar-refractivity contribution < 1.29 is 24.5 Å². The second-order valence-corrected chi connectivity index (χ2v) is 17.8. The fraction of sp³-hybridized carbons (Fsp3) is 0.852. The minimum absolute atomic E-state index is 0.00159. The number of ether oxygens (including phenoxy) is 1. The van der Waals surface area contributed by atoms with E-state index >= 15 is 0 Å². The molecule has 6 heteroatoms. The zero-order valence-electron chi connectivity index (χ0n) is 39.9. The number of rotatable bonds is 48. The number of carbonyl (C=O) groups excluding carboxylic acids is 2. The second kappa shape index (κ2) is 49.7. The van der Waals surface area contributed by atoms with Crippen LogP contribution >= 0.6 is 0 Å². The molecule has 352 valence electrons. The molecule has 0 aromatic carbocycles. The molecule has 0 saturated heterocycles. The molecule has 0 heterocycles. The van der Waals surface area contributed by atoms with Crippen LogP contribution in [-0.2, 0) is 14.3 Å². The number of aliphatic hydroxyl groups excluding tert-OH is 2. The van der Waals surface area contributed by atoms with Crippen molar-refractivity contribution in [1.29, 1.82) is 0 Å². The van der Waals surface area contributed by atoms with Gasteiger partial charge in [-0.1, -0.05) is 211 Å². The van der Waals surface area contributed by atoms with E-state index in [0.29, 0.717) is 19.4 Å². The molecular weight excluding hydrogens is 743 g/mol. The van der Waals surface area contributed by atoms with Crippen LogP contribution in [0.15, 0.2) is 36.5 Å². The van der Waals surface area contributed by atoms with E-state index in [9.17, 15) is 19.8 Å². The zero-order valence-corrected chi connectivity index (χ0v) is 39.9. The Balaban J connectivity index is 3.42. The lowest BCUT2D eigenvalue weighted by atomic mass is 10.0. The lowest BCUT2D eigenvalue weighted by Gasteiger charge is -2.20. The maximum Gasteiger partial charge on any atom is 0.305 e. The van der Waals surface area contributed by atoms with Gasteiger partial charge in [0, 0.05) is 12.8 Å². The van der Waals surface area contributed by atoms with Gasteiger partial charge in [0.2, 0.25) is 5.91 Å². The number of hydrogen-bond acceptors (Lipinski definition) is 5. The van der Waals surface area contributed by atoms with E-state index in [1.54, 1.807) is 6.08 Å². The molecular formula is C54H101NO5. The molecule has 0 aliphatic carbocycles. The highest BCUT2D eigenvalue weighted by Crippen LogP contribution is 2.15. The summed E-state index contributed by atoms with van der Waals surface area (Å²) in [7, 11) is 0. The van der Waals surface area contributed by atoms with Crippen LogP contribution in [0, 0.1) is 0 Å². The summed E-state index contributed by atoms with van der Waals surface area (Å²) in [6, 6.07) is -0.630. The smallest absolute Gasteiger partial charge is 0.305 e. The third-order valence-corrected chi connectivity index (χ3v) is 11.9. The van der Waals surface area contributed by atoms with Crippen LogP contribution in [0.2, 0.25) is 0 Å². The van der Waals surface area contributed by atoms with Gasteiger partial charge in [-0.05, 0) is 83.5 Å². The predicted molar refractivity (Wildman–Crippen MR) is 259 cm³/mol. The number of aliphatic hydroxyl groups is 2. The van der Waals surface area contributed by atoms with Crippen molar-refractivity contribution in [2.24, 2.45) is 0 Å². The predicted octanol–water partition coefficient (Wildman–Crippen LogP) is 15.7. The Hall–Kier alpha value is -1.92. The normalized spacial score (nSPS) is 12.9. The molecule has 0 spiro atoms. The van der Waals surface area contributed by atoms with Gasteiger partial charge in [-0.15, -0.1) is 0 Å². The van der Waals surface area contributed by atoms with E-state index in [-0.39, 0.29) is 18.5 Å². The number of unbranched alkanes of at least 4 members (excludes halogenated alkanes) is 33. The molecule has 0 saturated carbocycles. The van der Waals surface area contributed by atoms with Crippen LogP contribution in [-0.4, -0.2) is 47.4 Å². The van der Waals surface area contributed by atoms with E-state index in [0.717, 1.165) is 51.4 Å². The number of amides is 1. The summed E-state index contributed by atoms with van der Waals surface area (Å²) < 4.78 is 5.45. The van der Waals surface area contributed by atoms with Crippen molar-refractivity contribution in [1.82, 2.24) is 5.32 Å². The monoisotopic (exact) mass is 844 g/mol. The van der Waals surface area contributed by atoms with Crippen LogP contribution in [0.3, 0.4) is 0 Å².